The van der Waals surface area contributed by atoms with E-state index in [1.807, 2.05) is 0 Å². The summed E-state index contributed by atoms with van der Waals surface area (Å²) >= 11 is 0. The lowest BCUT2D eigenvalue weighted by atomic mass is 10.1. The molecule has 2 N–H and O–H groups in total. The lowest BCUT2D eigenvalue weighted by molar-refractivity contribution is -0.137. The van der Waals surface area contributed by atoms with E-state index in [9.17, 15) is 18.0 Å². The van der Waals surface area contributed by atoms with Gasteiger partial charge in [0.05, 0.1) is 5.56 Å². The number of alkyl halides is 3. The molecule has 0 aliphatic carbocycles. The zero-order valence-corrected chi connectivity index (χ0v) is 11.7. The maximum atomic E-state index is 12.5. The third-order valence-corrected chi connectivity index (χ3v) is 3.60. The minimum atomic E-state index is -4.37. The van der Waals surface area contributed by atoms with Crippen molar-refractivity contribution in [1.82, 2.24) is 10.2 Å². The highest BCUT2D eigenvalue weighted by Gasteiger charge is 2.30. The van der Waals surface area contributed by atoms with Crippen LogP contribution in [0.15, 0.2) is 24.3 Å². The molecule has 4 nitrogen and oxygen atoms in total. The van der Waals surface area contributed by atoms with Gasteiger partial charge in [0.15, 0.2) is 0 Å². The fourth-order valence-electron chi connectivity index (χ4n) is 2.28. The molecule has 1 fully saturated rings. The first-order valence-electron chi connectivity index (χ1n) is 6.80. The summed E-state index contributed by atoms with van der Waals surface area (Å²) in [6.07, 6.45) is -2.44. The highest BCUT2D eigenvalue weighted by atomic mass is 19.4. The second-order valence-corrected chi connectivity index (χ2v) is 5.12. The highest BCUT2D eigenvalue weighted by molar-refractivity contribution is 5.89. The van der Waals surface area contributed by atoms with E-state index in [-0.39, 0.29) is 12.1 Å². The van der Waals surface area contributed by atoms with E-state index >= 15 is 0 Å². The lowest BCUT2D eigenvalue weighted by Gasteiger charge is -2.31. The first-order valence-corrected chi connectivity index (χ1v) is 6.80. The van der Waals surface area contributed by atoms with E-state index in [4.69, 9.17) is 0 Å². The van der Waals surface area contributed by atoms with Crippen molar-refractivity contribution in [2.24, 2.45) is 0 Å². The van der Waals surface area contributed by atoms with E-state index in [1.54, 1.807) is 11.9 Å². The third kappa shape index (κ3) is 4.10. The second kappa shape index (κ2) is 6.34. The van der Waals surface area contributed by atoms with E-state index in [1.165, 1.54) is 12.1 Å². The molecule has 0 spiro atoms. The van der Waals surface area contributed by atoms with E-state index < -0.39 is 11.7 Å². The number of anilines is 1. The molecule has 1 heterocycles. The summed E-state index contributed by atoms with van der Waals surface area (Å²) in [6, 6.07) is 4.22. The van der Waals surface area contributed by atoms with E-state index in [2.05, 4.69) is 10.6 Å². The Morgan fingerprint density at radius 2 is 2.00 bits per heavy atom. The minimum Gasteiger partial charge on any atom is -0.323 e. The van der Waals surface area contributed by atoms with Crippen molar-refractivity contribution in [3.63, 3.8) is 0 Å². The second-order valence-electron chi connectivity index (χ2n) is 5.12. The number of urea groups is 1. The number of hydrogen-bond acceptors (Lipinski definition) is 2. The van der Waals surface area contributed by atoms with Gasteiger partial charge in [-0.25, -0.2) is 4.79 Å². The van der Waals surface area contributed by atoms with Crippen LogP contribution in [0, 0.1) is 0 Å². The number of amides is 2. The number of rotatable bonds is 2. The van der Waals surface area contributed by atoms with Gasteiger partial charge in [0.25, 0.3) is 0 Å². The highest BCUT2D eigenvalue weighted by Crippen LogP contribution is 2.29. The summed E-state index contributed by atoms with van der Waals surface area (Å²) in [7, 11) is 1.69. The third-order valence-electron chi connectivity index (χ3n) is 3.60. The molecule has 7 heteroatoms. The minimum absolute atomic E-state index is 0.105. The molecule has 2 amide bonds. The average Bonchev–Trinajstić information content (AvgIpc) is 2.47. The van der Waals surface area contributed by atoms with Gasteiger partial charge >= 0.3 is 12.2 Å². The van der Waals surface area contributed by atoms with Crippen LogP contribution in [0.5, 0.6) is 0 Å². The topological polar surface area (TPSA) is 44.4 Å². The fourth-order valence-corrected chi connectivity index (χ4v) is 2.28. The van der Waals surface area contributed by atoms with Crippen molar-refractivity contribution in [2.45, 2.75) is 25.1 Å². The molecule has 1 atom stereocenters. The zero-order valence-electron chi connectivity index (χ0n) is 11.7. The van der Waals surface area contributed by atoms with Crippen LogP contribution in [0.3, 0.4) is 0 Å². The van der Waals surface area contributed by atoms with Crippen molar-refractivity contribution < 1.29 is 18.0 Å². The van der Waals surface area contributed by atoms with Gasteiger partial charge in [0.2, 0.25) is 0 Å². The van der Waals surface area contributed by atoms with Crippen LogP contribution in [-0.2, 0) is 6.18 Å². The Kier molecular flexibility index (Phi) is 4.72. The van der Waals surface area contributed by atoms with E-state index in [0.29, 0.717) is 5.69 Å². The van der Waals surface area contributed by atoms with Gasteiger partial charge in [-0.05, 0) is 43.7 Å². The number of nitrogens with one attached hydrogen (secondary N) is 2. The van der Waals surface area contributed by atoms with Crippen LogP contribution >= 0.6 is 0 Å². The molecule has 116 valence electrons. The van der Waals surface area contributed by atoms with Gasteiger partial charge in [0, 0.05) is 25.3 Å². The van der Waals surface area contributed by atoms with Gasteiger partial charge in [0.1, 0.15) is 0 Å². The number of carbonyl (C=O) groups excluding carboxylic acids is 1. The smallest absolute Gasteiger partial charge is 0.323 e. The molecule has 1 saturated heterocycles. The Labute approximate surface area is 121 Å². The summed E-state index contributed by atoms with van der Waals surface area (Å²) in [5.41, 5.74) is -0.381. The summed E-state index contributed by atoms with van der Waals surface area (Å²) in [4.78, 5) is 13.6. The molecule has 1 aliphatic heterocycles. The van der Waals surface area contributed by atoms with Crippen LogP contribution in [0.4, 0.5) is 23.7 Å². The maximum Gasteiger partial charge on any atom is 0.416 e. The van der Waals surface area contributed by atoms with Crippen LogP contribution in [-0.4, -0.2) is 37.1 Å². The average molecular weight is 301 g/mol. The molecule has 0 radical (unpaired) electrons. The maximum absolute atomic E-state index is 12.5. The predicted molar refractivity (Wildman–Crippen MR) is 74.1 cm³/mol. The first-order chi connectivity index (χ1) is 9.88. The van der Waals surface area contributed by atoms with Gasteiger partial charge in [-0.1, -0.05) is 0 Å². The van der Waals surface area contributed by atoms with Crippen molar-refractivity contribution in [1.29, 1.82) is 0 Å². The van der Waals surface area contributed by atoms with Crippen LogP contribution in [0.1, 0.15) is 18.4 Å². The molecule has 0 bridgehead atoms. The summed E-state index contributed by atoms with van der Waals surface area (Å²) in [5, 5.41) is 5.82. The molecule has 0 saturated carbocycles. The lowest BCUT2D eigenvalue weighted by Crippen LogP contribution is -2.48. The standard InChI is InChI=1S/C14H18F3N3O/c1-20(12-3-2-8-18-9-12)13(21)19-11-6-4-10(5-7-11)14(15,16)17/h4-7,12,18H,2-3,8-9H2,1H3,(H,19,21). The molecule has 21 heavy (non-hydrogen) atoms. The number of carbonyl (C=O) groups is 1. The first kappa shape index (κ1) is 15.6. The van der Waals surface area contributed by atoms with Gasteiger partial charge in [-0.3, -0.25) is 0 Å². The molecule has 1 aliphatic rings. The Bertz CT molecular complexity index is 481. The number of piperidine rings is 1. The molecule has 0 aromatic heterocycles. The van der Waals surface area contributed by atoms with Crippen molar-refractivity contribution >= 4 is 11.7 Å². The Hall–Kier alpha value is -1.76. The van der Waals surface area contributed by atoms with Crippen molar-refractivity contribution in [2.75, 3.05) is 25.5 Å². The monoisotopic (exact) mass is 301 g/mol. The molecule has 1 aromatic rings. The summed E-state index contributed by atoms with van der Waals surface area (Å²) in [6.45, 7) is 1.68. The zero-order chi connectivity index (χ0) is 15.5. The van der Waals surface area contributed by atoms with Crippen molar-refractivity contribution in [3.8, 4) is 0 Å². The molecular formula is C14H18F3N3O. The largest absolute Gasteiger partial charge is 0.416 e. The number of nitrogens with zero attached hydrogens (tertiary/aromatic N) is 1. The summed E-state index contributed by atoms with van der Waals surface area (Å²) < 4.78 is 37.4. The number of hydrogen-bond donors (Lipinski definition) is 2. The predicted octanol–water partition coefficient (Wildman–Crippen LogP) is 2.92. The molecule has 1 aromatic carbocycles. The Morgan fingerprint density at radius 3 is 2.52 bits per heavy atom. The van der Waals surface area contributed by atoms with Gasteiger partial charge < -0.3 is 15.5 Å². The number of likely N-dealkylation sites (N-methyl/N-ethyl adjacent to an activating group) is 1. The van der Waals surface area contributed by atoms with Crippen LogP contribution in [0.2, 0.25) is 0 Å². The normalized spacial score (nSPS) is 19.1. The van der Waals surface area contributed by atoms with Crippen molar-refractivity contribution in [3.05, 3.63) is 29.8 Å². The van der Waals surface area contributed by atoms with E-state index in [0.717, 1.165) is 38.1 Å². The fraction of sp³-hybridized carbons (Fsp3) is 0.500. The van der Waals surface area contributed by atoms with Crippen LogP contribution < -0.4 is 10.6 Å². The molecular weight excluding hydrogens is 283 g/mol. The van der Waals surface area contributed by atoms with Gasteiger partial charge in [-0.15, -0.1) is 0 Å². The number of benzene rings is 1. The molecule has 1 unspecified atom stereocenters. The SMILES string of the molecule is CN(C(=O)Nc1ccc(C(F)(F)F)cc1)C1CCCNC1. The summed E-state index contributed by atoms with van der Waals surface area (Å²) in [5.74, 6) is 0. The van der Waals surface area contributed by atoms with Crippen LogP contribution in [0.25, 0.3) is 0 Å². The quantitative estimate of drug-likeness (QED) is 0.882. The number of halogens is 3. The molecule has 2 rings (SSSR count). The van der Waals surface area contributed by atoms with Gasteiger partial charge in [-0.2, -0.15) is 13.2 Å². The Morgan fingerprint density at radius 1 is 1.33 bits per heavy atom. The Balaban J connectivity index is 1.95.